The zero-order valence-electron chi connectivity index (χ0n) is 18.9. The summed E-state index contributed by atoms with van der Waals surface area (Å²) < 4.78 is 20.6. The van der Waals surface area contributed by atoms with Crippen LogP contribution in [0.3, 0.4) is 0 Å². The van der Waals surface area contributed by atoms with Crippen molar-refractivity contribution in [1.29, 1.82) is 0 Å². The van der Waals surface area contributed by atoms with Gasteiger partial charge in [0.05, 0.1) is 18.8 Å². The van der Waals surface area contributed by atoms with E-state index < -0.39 is 6.17 Å². The summed E-state index contributed by atoms with van der Waals surface area (Å²) in [7, 11) is 1.61. The van der Waals surface area contributed by atoms with Crippen molar-refractivity contribution >= 4 is 22.7 Å². The number of ether oxygens (including phenoxy) is 1. The Bertz CT molecular complexity index is 1030. The van der Waals surface area contributed by atoms with Gasteiger partial charge in [0, 0.05) is 49.4 Å². The van der Waals surface area contributed by atoms with Crippen LogP contribution in [-0.2, 0) is 0 Å². The molecule has 0 unspecified atom stereocenters. The van der Waals surface area contributed by atoms with Crippen LogP contribution in [0.1, 0.15) is 31.0 Å². The third-order valence-electron chi connectivity index (χ3n) is 6.52. The Morgan fingerprint density at radius 3 is 2.91 bits per heavy atom. The summed E-state index contributed by atoms with van der Waals surface area (Å²) in [5, 5.41) is 11.7. The van der Waals surface area contributed by atoms with E-state index in [1.807, 2.05) is 18.2 Å². The number of aliphatic hydroxyl groups excluding tert-OH is 1. The maximum atomic E-state index is 15.3. The monoisotopic (exact) mass is 470 g/mol. The fourth-order valence-corrected chi connectivity index (χ4v) is 5.48. The number of hydrogen-bond donors (Lipinski definition) is 1. The van der Waals surface area contributed by atoms with Crippen LogP contribution in [0.5, 0.6) is 5.75 Å². The number of piperidine rings is 1. The van der Waals surface area contributed by atoms with Crippen LogP contribution in [0.15, 0.2) is 54.1 Å². The van der Waals surface area contributed by atoms with E-state index >= 15 is 4.39 Å². The van der Waals surface area contributed by atoms with E-state index in [-0.39, 0.29) is 12.5 Å². The first-order valence-corrected chi connectivity index (χ1v) is 12.4. The fourth-order valence-electron chi connectivity index (χ4n) is 4.65. The van der Waals surface area contributed by atoms with Gasteiger partial charge in [0.15, 0.2) is 0 Å². The molecule has 8 heteroatoms. The van der Waals surface area contributed by atoms with Gasteiger partial charge in [0.25, 0.3) is 0 Å². The predicted octanol–water partition coefficient (Wildman–Crippen LogP) is 4.55. The first-order chi connectivity index (χ1) is 16.2. The molecule has 0 bridgehead atoms. The smallest absolute Gasteiger partial charge is 0.126 e. The lowest BCUT2D eigenvalue weighted by atomic mass is 9.81. The van der Waals surface area contributed by atoms with Crippen molar-refractivity contribution in [1.82, 2.24) is 19.9 Å². The molecule has 176 valence electrons. The highest BCUT2D eigenvalue weighted by Gasteiger charge is 2.29. The second kappa shape index (κ2) is 11.7. The first kappa shape index (κ1) is 23.9. The summed E-state index contributed by atoms with van der Waals surface area (Å²) >= 11 is 1.70. The number of benzene rings is 1. The number of fused-ring (bicyclic) bond motifs is 1. The van der Waals surface area contributed by atoms with E-state index in [1.54, 1.807) is 49.7 Å². The standard InChI is InChI=1S/C25H31FN4O2S/c1-32-20-3-5-24-22(14-20)21(6-8-28-24)23(26)4-2-18-7-11-30(16-19(18)17-31)12-13-33-25-15-27-9-10-29-25/h3,5-6,8-10,14-15,18-19,23,31H,2,4,7,11-13,16-17H2,1H3/t18-,19-,23+/m1/s1. The van der Waals surface area contributed by atoms with Crippen molar-refractivity contribution in [3.8, 4) is 5.75 Å². The number of methoxy groups -OCH3 is 1. The molecule has 4 rings (SSSR count). The Morgan fingerprint density at radius 1 is 1.21 bits per heavy atom. The van der Waals surface area contributed by atoms with Gasteiger partial charge in [-0.25, -0.2) is 9.37 Å². The summed E-state index contributed by atoms with van der Waals surface area (Å²) in [6.07, 6.45) is 7.97. The molecule has 0 spiro atoms. The third-order valence-corrected chi connectivity index (χ3v) is 7.41. The number of rotatable bonds is 10. The van der Waals surface area contributed by atoms with Crippen molar-refractivity contribution in [3.63, 3.8) is 0 Å². The molecule has 1 fully saturated rings. The van der Waals surface area contributed by atoms with Gasteiger partial charge in [-0.3, -0.25) is 9.97 Å². The van der Waals surface area contributed by atoms with E-state index in [9.17, 15) is 5.11 Å². The number of thioether (sulfide) groups is 1. The Morgan fingerprint density at radius 2 is 2.12 bits per heavy atom. The van der Waals surface area contributed by atoms with Crippen LogP contribution >= 0.6 is 11.8 Å². The molecule has 1 aliphatic rings. The molecule has 1 aliphatic heterocycles. The summed E-state index contributed by atoms with van der Waals surface area (Å²) in [5.41, 5.74) is 1.44. The number of alkyl halides is 1. The molecule has 6 nitrogen and oxygen atoms in total. The van der Waals surface area contributed by atoms with Gasteiger partial charge in [0.2, 0.25) is 0 Å². The highest BCUT2D eigenvalue weighted by atomic mass is 32.2. The number of halogens is 1. The second-order valence-electron chi connectivity index (χ2n) is 8.51. The summed E-state index contributed by atoms with van der Waals surface area (Å²) in [5.74, 6) is 2.16. The Labute approximate surface area is 198 Å². The predicted molar refractivity (Wildman–Crippen MR) is 129 cm³/mol. The van der Waals surface area contributed by atoms with E-state index in [4.69, 9.17) is 4.74 Å². The van der Waals surface area contributed by atoms with Crippen molar-refractivity contribution in [2.24, 2.45) is 11.8 Å². The van der Waals surface area contributed by atoms with Crippen LogP contribution in [0.2, 0.25) is 0 Å². The van der Waals surface area contributed by atoms with Crippen molar-refractivity contribution in [3.05, 3.63) is 54.6 Å². The molecule has 2 aromatic heterocycles. The quantitative estimate of drug-likeness (QED) is 0.436. The highest BCUT2D eigenvalue weighted by molar-refractivity contribution is 7.99. The minimum atomic E-state index is -1.07. The molecule has 3 heterocycles. The highest BCUT2D eigenvalue weighted by Crippen LogP contribution is 2.35. The maximum absolute atomic E-state index is 15.3. The number of nitrogens with zero attached hydrogens (tertiary/aromatic N) is 4. The van der Waals surface area contributed by atoms with Crippen molar-refractivity contribution < 1.29 is 14.2 Å². The van der Waals surface area contributed by atoms with E-state index in [0.29, 0.717) is 23.7 Å². The van der Waals surface area contributed by atoms with Crippen molar-refractivity contribution in [2.75, 3.05) is 39.1 Å². The zero-order valence-corrected chi connectivity index (χ0v) is 19.8. The van der Waals surface area contributed by atoms with Crippen LogP contribution < -0.4 is 4.74 Å². The largest absolute Gasteiger partial charge is 0.497 e. The SMILES string of the molecule is COc1ccc2nccc([C@@H](F)CC[C@@H]3CCN(CCSc4cnccn4)C[C@@H]3CO)c2c1. The number of aliphatic hydroxyl groups is 1. The number of pyridine rings is 1. The third kappa shape index (κ3) is 6.19. The van der Waals surface area contributed by atoms with Crippen LogP contribution in [0.25, 0.3) is 10.9 Å². The molecule has 0 aliphatic carbocycles. The molecule has 0 saturated carbocycles. The molecule has 1 N–H and O–H groups in total. The molecular weight excluding hydrogens is 439 g/mol. The van der Waals surface area contributed by atoms with Gasteiger partial charge in [-0.05, 0) is 67.5 Å². The molecule has 33 heavy (non-hydrogen) atoms. The molecule has 3 atom stereocenters. The number of aromatic nitrogens is 3. The fraction of sp³-hybridized carbons (Fsp3) is 0.480. The summed E-state index contributed by atoms with van der Waals surface area (Å²) in [6.45, 7) is 2.93. The minimum Gasteiger partial charge on any atom is -0.497 e. The van der Waals surface area contributed by atoms with E-state index in [0.717, 1.165) is 54.2 Å². The Hall–Kier alpha value is -2.29. The average molecular weight is 471 g/mol. The Kier molecular flexibility index (Phi) is 8.47. The van der Waals surface area contributed by atoms with Crippen LogP contribution in [-0.4, -0.2) is 64.1 Å². The Balaban J connectivity index is 1.30. The first-order valence-electron chi connectivity index (χ1n) is 11.5. The normalized spacial score (nSPS) is 20.1. The summed E-state index contributed by atoms with van der Waals surface area (Å²) in [6, 6.07) is 7.34. The van der Waals surface area contributed by atoms with Gasteiger partial charge in [-0.1, -0.05) is 0 Å². The molecule has 3 aromatic rings. The number of likely N-dealkylation sites (tertiary alicyclic amines) is 1. The summed E-state index contributed by atoms with van der Waals surface area (Å²) in [4.78, 5) is 15.1. The second-order valence-corrected chi connectivity index (χ2v) is 9.63. The average Bonchev–Trinajstić information content (AvgIpc) is 2.87. The van der Waals surface area contributed by atoms with Crippen LogP contribution in [0.4, 0.5) is 4.39 Å². The van der Waals surface area contributed by atoms with E-state index in [2.05, 4.69) is 19.9 Å². The van der Waals surface area contributed by atoms with Gasteiger partial charge >= 0.3 is 0 Å². The van der Waals surface area contributed by atoms with Crippen LogP contribution in [0, 0.1) is 11.8 Å². The zero-order chi connectivity index (χ0) is 23.0. The van der Waals surface area contributed by atoms with Crippen molar-refractivity contribution in [2.45, 2.75) is 30.5 Å². The lowest BCUT2D eigenvalue weighted by molar-refractivity contribution is 0.0672. The topological polar surface area (TPSA) is 71.4 Å². The molecule has 0 amide bonds. The van der Waals surface area contributed by atoms with Gasteiger partial charge < -0.3 is 14.7 Å². The molecule has 0 radical (unpaired) electrons. The lowest BCUT2D eigenvalue weighted by Gasteiger charge is -2.38. The van der Waals surface area contributed by atoms with Gasteiger partial charge in [0.1, 0.15) is 16.9 Å². The van der Waals surface area contributed by atoms with Gasteiger partial charge in [-0.2, -0.15) is 0 Å². The lowest BCUT2D eigenvalue weighted by Crippen LogP contribution is -2.43. The molecule has 1 saturated heterocycles. The van der Waals surface area contributed by atoms with E-state index in [1.165, 1.54) is 0 Å². The molecular formula is C25H31FN4O2S. The number of hydrogen-bond acceptors (Lipinski definition) is 7. The maximum Gasteiger partial charge on any atom is 0.126 e. The minimum absolute atomic E-state index is 0.144. The van der Waals surface area contributed by atoms with Gasteiger partial charge in [-0.15, -0.1) is 11.8 Å². The molecule has 1 aromatic carbocycles.